The van der Waals surface area contributed by atoms with E-state index >= 15 is 0 Å². The molecule has 0 aliphatic heterocycles. The summed E-state index contributed by atoms with van der Waals surface area (Å²) < 4.78 is 16.8. The number of hydrogen-bond acceptors (Lipinski definition) is 6. The van der Waals surface area contributed by atoms with Gasteiger partial charge in [-0.05, 0) is 70.6 Å². The quantitative estimate of drug-likeness (QED) is 0.0263. The van der Waals surface area contributed by atoms with Gasteiger partial charge in [0.15, 0.2) is 6.10 Å². The molecule has 0 fully saturated rings. The van der Waals surface area contributed by atoms with E-state index in [1.54, 1.807) is 0 Å². The monoisotopic (exact) mass is 831 g/mol. The minimum Gasteiger partial charge on any atom is -0.462 e. The average Bonchev–Trinajstić information content (AvgIpc) is 3.23. The van der Waals surface area contributed by atoms with Crippen LogP contribution in [0.3, 0.4) is 0 Å². The Bertz CT molecular complexity index is 958. The largest absolute Gasteiger partial charge is 0.462 e. The molecule has 0 spiro atoms. The average molecular weight is 831 g/mol. The van der Waals surface area contributed by atoms with Gasteiger partial charge in [0, 0.05) is 19.3 Å². The summed E-state index contributed by atoms with van der Waals surface area (Å²) in [6, 6.07) is 0. The van der Waals surface area contributed by atoms with Crippen LogP contribution in [0.5, 0.6) is 0 Å². The molecule has 0 aliphatic rings. The molecule has 0 amide bonds. The van der Waals surface area contributed by atoms with Gasteiger partial charge in [0.1, 0.15) is 13.2 Å². The van der Waals surface area contributed by atoms with Crippen molar-refractivity contribution in [3.05, 3.63) is 24.3 Å². The lowest BCUT2D eigenvalue weighted by Gasteiger charge is -2.18. The van der Waals surface area contributed by atoms with E-state index in [4.69, 9.17) is 14.2 Å². The molecule has 6 heteroatoms. The van der Waals surface area contributed by atoms with Crippen molar-refractivity contribution in [2.24, 2.45) is 0 Å². The Hall–Kier alpha value is -2.11. The van der Waals surface area contributed by atoms with Gasteiger partial charge in [-0.3, -0.25) is 14.4 Å². The van der Waals surface area contributed by atoms with Crippen molar-refractivity contribution in [1.82, 2.24) is 0 Å². The van der Waals surface area contributed by atoms with Gasteiger partial charge in [-0.25, -0.2) is 0 Å². The third kappa shape index (κ3) is 46.8. The van der Waals surface area contributed by atoms with Crippen LogP contribution in [0.1, 0.15) is 278 Å². The number of esters is 3. The minimum absolute atomic E-state index is 0.0752. The van der Waals surface area contributed by atoms with Crippen molar-refractivity contribution in [2.75, 3.05) is 13.2 Å². The maximum absolute atomic E-state index is 12.8. The second-order valence-corrected chi connectivity index (χ2v) is 17.4. The molecule has 0 saturated heterocycles. The van der Waals surface area contributed by atoms with Crippen LogP contribution < -0.4 is 0 Å². The molecule has 0 aliphatic carbocycles. The van der Waals surface area contributed by atoms with Crippen molar-refractivity contribution in [2.45, 2.75) is 284 Å². The number of ether oxygens (including phenoxy) is 3. The molecule has 59 heavy (non-hydrogen) atoms. The third-order valence-electron chi connectivity index (χ3n) is 11.4. The van der Waals surface area contributed by atoms with E-state index in [0.29, 0.717) is 19.3 Å². The molecule has 0 heterocycles. The summed E-state index contributed by atoms with van der Waals surface area (Å²) in [5.74, 6) is -0.885. The fraction of sp³-hybridized carbons (Fsp3) is 0.868. The van der Waals surface area contributed by atoms with Gasteiger partial charge in [0.2, 0.25) is 0 Å². The SMILES string of the molecule is CCCCCCCC/C=C\CCCCCCCCCC(=O)OCC(COC(=O)CCCCCCCCCCCCC)OC(=O)CCCCC/C=C\CCCCCCCC. The van der Waals surface area contributed by atoms with Crippen LogP contribution in [0.15, 0.2) is 24.3 Å². The Morgan fingerprint density at radius 3 is 0.864 bits per heavy atom. The standard InChI is InChI=1S/C53H98O6/c1-4-7-10-13-16-19-22-24-25-26-27-29-31-34-37-40-43-46-52(55)58-49-50(48-57-51(54)45-42-39-36-33-30-21-18-15-12-9-6-3)59-53(56)47-44-41-38-35-32-28-23-20-17-14-11-8-5-2/h24-25,28,32,50H,4-23,26-27,29-31,33-49H2,1-3H3/b25-24-,32-28-. The highest BCUT2D eigenvalue weighted by molar-refractivity contribution is 5.71. The molecule has 0 aromatic carbocycles. The van der Waals surface area contributed by atoms with E-state index in [-0.39, 0.29) is 31.1 Å². The first kappa shape index (κ1) is 56.9. The molecule has 6 nitrogen and oxygen atoms in total. The normalized spacial score (nSPS) is 12.1. The molecule has 0 bridgehead atoms. The van der Waals surface area contributed by atoms with Crippen LogP contribution in [0, 0.1) is 0 Å². The van der Waals surface area contributed by atoms with Gasteiger partial charge in [0.25, 0.3) is 0 Å². The first-order chi connectivity index (χ1) is 29.0. The Morgan fingerprint density at radius 2 is 0.559 bits per heavy atom. The summed E-state index contributed by atoms with van der Waals surface area (Å²) in [4.78, 5) is 37.9. The molecule has 346 valence electrons. The molecule has 1 unspecified atom stereocenters. The highest BCUT2D eigenvalue weighted by Crippen LogP contribution is 2.15. The van der Waals surface area contributed by atoms with E-state index in [1.807, 2.05) is 0 Å². The minimum atomic E-state index is -0.775. The Balaban J connectivity index is 4.34. The van der Waals surface area contributed by atoms with E-state index < -0.39 is 6.10 Å². The Labute approximate surface area is 366 Å². The summed E-state index contributed by atoms with van der Waals surface area (Å²) in [6.07, 6.45) is 54.4. The van der Waals surface area contributed by atoms with Crippen molar-refractivity contribution >= 4 is 17.9 Å². The number of unbranched alkanes of at least 4 members (excludes halogenated alkanes) is 32. The van der Waals surface area contributed by atoms with Gasteiger partial charge in [-0.2, -0.15) is 0 Å². The third-order valence-corrected chi connectivity index (χ3v) is 11.4. The predicted octanol–water partition coefficient (Wildman–Crippen LogP) is 16.8. The number of allylic oxidation sites excluding steroid dienone is 4. The predicted molar refractivity (Wildman–Crippen MR) is 252 cm³/mol. The molecule has 0 saturated carbocycles. The smallest absolute Gasteiger partial charge is 0.306 e. The summed E-state index contributed by atoms with van der Waals surface area (Å²) >= 11 is 0. The fourth-order valence-corrected chi connectivity index (χ4v) is 7.49. The molecule has 0 N–H and O–H groups in total. The highest BCUT2D eigenvalue weighted by atomic mass is 16.6. The number of carbonyl (C=O) groups is 3. The molecular formula is C53H98O6. The van der Waals surface area contributed by atoms with E-state index in [1.165, 1.54) is 167 Å². The van der Waals surface area contributed by atoms with Crippen molar-refractivity contribution in [3.8, 4) is 0 Å². The van der Waals surface area contributed by atoms with Crippen LogP contribution in [0.2, 0.25) is 0 Å². The molecular weight excluding hydrogens is 733 g/mol. The lowest BCUT2D eigenvalue weighted by molar-refractivity contribution is -0.167. The number of rotatable bonds is 47. The van der Waals surface area contributed by atoms with E-state index in [0.717, 1.165) is 70.6 Å². The van der Waals surface area contributed by atoms with Crippen molar-refractivity contribution in [1.29, 1.82) is 0 Å². The Kier molecular flexibility index (Phi) is 46.8. The topological polar surface area (TPSA) is 78.9 Å². The summed E-state index contributed by atoms with van der Waals surface area (Å²) in [6.45, 7) is 6.62. The zero-order valence-corrected chi connectivity index (χ0v) is 39.5. The lowest BCUT2D eigenvalue weighted by atomic mass is 10.1. The maximum atomic E-state index is 12.8. The van der Waals surface area contributed by atoms with Crippen LogP contribution in [0.25, 0.3) is 0 Å². The zero-order chi connectivity index (χ0) is 43.0. The number of hydrogen-bond donors (Lipinski definition) is 0. The van der Waals surface area contributed by atoms with Crippen molar-refractivity contribution < 1.29 is 28.6 Å². The maximum Gasteiger partial charge on any atom is 0.306 e. The van der Waals surface area contributed by atoms with Gasteiger partial charge >= 0.3 is 17.9 Å². The Morgan fingerprint density at radius 1 is 0.322 bits per heavy atom. The number of carbonyl (C=O) groups excluding carboxylic acids is 3. The molecule has 1 atom stereocenters. The van der Waals surface area contributed by atoms with E-state index in [9.17, 15) is 14.4 Å². The molecule has 0 aromatic heterocycles. The summed E-state index contributed by atoms with van der Waals surface area (Å²) in [7, 11) is 0. The lowest BCUT2D eigenvalue weighted by Crippen LogP contribution is -2.30. The summed E-state index contributed by atoms with van der Waals surface area (Å²) in [5.41, 5.74) is 0. The first-order valence-electron chi connectivity index (χ1n) is 25.8. The van der Waals surface area contributed by atoms with Crippen LogP contribution in [-0.2, 0) is 28.6 Å². The van der Waals surface area contributed by atoms with Gasteiger partial charge in [-0.15, -0.1) is 0 Å². The second-order valence-electron chi connectivity index (χ2n) is 17.4. The molecule has 0 aromatic rings. The van der Waals surface area contributed by atoms with E-state index in [2.05, 4.69) is 45.1 Å². The van der Waals surface area contributed by atoms with Crippen LogP contribution in [-0.4, -0.2) is 37.2 Å². The van der Waals surface area contributed by atoms with Gasteiger partial charge < -0.3 is 14.2 Å². The van der Waals surface area contributed by atoms with Crippen LogP contribution in [0.4, 0.5) is 0 Å². The van der Waals surface area contributed by atoms with Crippen LogP contribution >= 0.6 is 0 Å². The second kappa shape index (κ2) is 48.6. The molecule has 0 radical (unpaired) electrons. The van der Waals surface area contributed by atoms with Crippen molar-refractivity contribution in [3.63, 3.8) is 0 Å². The summed E-state index contributed by atoms with van der Waals surface area (Å²) in [5, 5.41) is 0. The van der Waals surface area contributed by atoms with Gasteiger partial charge in [-0.1, -0.05) is 212 Å². The molecule has 0 rings (SSSR count). The fourth-order valence-electron chi connectivity index (χ4n) is 7.49. The first-order valence-corrected chi connectivity index (χ1v) is 25.8. The van der Waals surface area contributed by atoms with Gasteiger partial charge in [0.05, 0.1) is 0 Å². The zero-order valence-electron chi connectivity index (χ0n) is 39.5. The highest BCUT2D eigenvalue weighted by Gasteiger charge is 2.19.